The van der Waals surface area contributed by atoms with Crippen LogP contribution in [0.5, 0.6) is 0 Å². The van der Waals surface area contributed by atoms with Crippen molar-refractivity contribution < 1.29 is 23.1 Å². The molecule has 1 rings (SSSR count). The summed E-state index contributed by atoms with van der Waals surface area (Å²) in [7, 11) is 0. The van der Waals surface area contributed by atoms with Gasteiger partial charge in [-0.2, -0.15) is 23.5 Å². The molecular formula is C9H7F3N4O2. The molecule has 0 aliphatic rings. The normalized spacial score (nSPS) is 10.8. The summed E-state index contributed by atoms with van der Waals surface area (Å²) in [6.45, 7) is -2.44. The summed E-state index contributed by atoms with van der Waals surface area (Å²) in [5.41, 5.74) is -0.171. The first-order valence-electron chi connectivity index (χ1n) is 4.59. The molecule has 96 valence electrons. The van der Waals surface area contributed by atoms with Crippen LogP contribution in [0.25, 0.3) is 0 Å². The highest BCUT2D eigenvalue weighted by atomic mass is 19.4. The molecule has 0 saturated heterocycles. The Kier molecular flexibility index (Phi) is 4.04. The molecule has 0 aliphatic carbocycles. The second-order valence-corrected chi connectivity index (χ2v) is 3.25. The van der Waals surface area contributed by atoms with E-state index in [4.69, 9.17) is 10.4 Å². The van der Waals surface area contributed by atoms with Gasteiger partial charge in [0.25, 0.3) is 0 Å². The lowest BCUT2D eigenvalue weighted by Gasteiger charge is -2.22. The number of carboxylic acids is 1. The van der Waals surface area contributed by atoms with Gasteiger partial charge in [-0.25, -0.2) is 0 Å². The molecule has 0 fully saturated rings. The maximum absolute atomic E-state index is 12.3. The molecule has 0 atom stereocenters. The molecule has 0 radical (unpaired) electrons. The molecule has 6 nitrogen and oxygen atoms in total. The number of halogens is 3. The number of alkyl halides is 3. The molecule has 0 amide bonds. The average Bonchev–Trinajstić information content (AvgIpc) is 2.25. The standard InChI is InChI=1S/C9H7F3N4O2/c10-9(11,12)5-16(4-7(17)18)8-6(3-13)1-2-14-15-8/h1-2H,4-5H2,(H,17,18). The van der Waals surface area contributed by atoms with Crippen molar-refractivity contribution in [3.8, 4) is 6.07 Å². The molecule has 0 unspecified atom stereocenters. The quantitative estimate of drug-likeness (QED) is 0.861. The molecule has 1 aromatic rings. The molecule has 0 bridgehead atoms. The van der Waals surface area contributed by atoms with Crippen molar-refractivity contribution in [3.63, 3.8) is 0 Å². The number of rotatable bonds is 4. The number of anilines is 1. The minimum Gasteiger partial charge on any atom is -0.480 e. The third-order valence-electron chi connectivity index (χ3n) is 1.82. The predicted octanol–water partition coefficient (Wildman–Crippen LogP) is 0.802. The Hall–Kier alpha value is -2.37. The summed E-state index contributed by atoms with van der Waals surface area (Å²) < 4.78 is 36.9. The predicted molar refractivity (Wildman–Crippen MR) is 52.7 cm³/mol. The van der Waals surface area contributed by atoms with Gasteiger partial charge < -0.3 is 10.0 Å². The van der Waals surface area contributed by atoms with Gasteiger partial charge in [0, 0.05) is 0 Å². The van der Waals surface area contributed by atoms with Crippen molar-refractivity contribution in [2.24, 2.45) is 0 Å². The maximum atomic E-state index is 12.3. The number of aliphatic carboxylic acids is 1. The van der Waals surface area contributed by atoms with Crippen molar-refractivity contribution >= 4 is 11.8 Å². The van der Waals surface area contributed by atoms with E-state index in [1.807, 2.05) is 0 Å². The van der Waals surface area contributed by atoms with E-state index < -0.39 is 31.1 Å². The lowest BCUT2D eigenvalue weighted by Crippen LogP contribution is -2.39. The molecule has 1 heterocycles. The van der Waals surface area contributed by atoms with Gasteiger partial charge in [-0.3, -0.25) is 4.79 Å². The number of hydrogen-bond donors (Lipinski definition) is 1. The summed E-state index contributed by atoms with van der Waals surface area (Å²) in [4.78, 5) is 11.0. The molecule has 0 aliphatic heterocycles. The van der Waals surface area contributed by atoms with Gasteiger partial charge in [0.05, 0.1) is 11.8 Å². The SMILES string of the molecule is N#Cc1ccnnc1N(CC(=O)O)CC(F)(F)F. The highest BCUT2D eigenvalue weighted by molar-refractivity contribution is 5.74. The van der Waals surface area contributed by atoms with Gasteiger partial charge in [-0.15, -0.1) is 5.10 Å². The van der Waals surface area contributed by atoms with E-state index in [2.05, 4.69) is 10.2 Å². The van der Waals surface area contributed by atoms with Gasteiger partial charge in [0.15, 0.2) is 5.82 Å². The van der Waals surface area contributed by atoms with Crippen LogP contribution in [0.3, 0.4) is 0 Å². The van der Waals surface area contributed by atoms with Crippen LogP contribution in [0.4, 0.5) is 19.0 Å². The molecule has 0 aromatic carbocycles. The summed E-state index contributed by atoms with van der Waals surface area (Å²) in [5, 5.41) is 24.0. The highest BCUT2D eigenvalue weighted by Gasteiger charge is 2.33. The average molecular weight is 260 g/mol. The Morgan fingerprint density at radius 3 is 2.72 bits per heavy atom. The third kappa shape index (κ3) is 3.89. The zero-order valence-electron chi connectivity index (χ0n) is 8.85. The molecule has 9 heteroatoms. The Bertz CT molecular complexity index is 483. The van der Waals surface area contributed by atoms with Gasteiger partial charge in [0.2, 0.25) is 0 Å². The minimum absolute atomic E-state index is 0.171. The fourth-order valence-electron chi connectivity index (χ4n) is 1.23. The number of aromatic nitrogens is 2. The van der Waals surface area contributed by atoms with Gasteiger partial charge in [-0.05, 0) is 6.07 Å². The van der Waals surface area contributed by atoms with Crippen molar-refractivity contribution in [1.29, 1.82) is 5.26 Å². The van der Waals surface area contributed by atoms with Crippen molar-refractivity contribution in [2.75, 3.05) is 18.0 Å². The molecule has 0 spiro atoms. The summed E-state index contributed by atoms with van der Waals surface area (Å²) in [6, 6.07) is 2.79. The van der Waals surface area contributed by atoms with Crippen LogP contribution in [0, 0.1) is 11.3 Å². The summed E-state index contributed by atoms with van der Waals surface area (Å²) >= 11 is 0. The first-order chi connectivity index (χ1) is 8.33. The minimum atomic E-state index is -4.61. The van der Waals surface area contributed by atoms with Crippen molar-refractivity contribution in [1.82, 2.24) is 10.2 Å². The Labute approximate surface area is 99.3 Å². The zero-order chi connectivity index (χ0) is 13.8. The van der Waals surface area contributed by atoms with E-state index in [1.165, 1.54) is 0 Å². The first kappa shape index (κ1) is 13.7. The van der Waals surface area contributed by atoms with Gasteiger partial charge in [0.1, 0.15) is 19.2 Å². The summed E-state index contributed by atoms with van der Waals surface area (Å²) in [5.74, 6) is -1.87. The van der Waals surface area contributed by atoms with Crippen LogP contribution >= 0.6 is 0 Å². The smallest absolute Gasteiger partial charge is 0.405 e. The first-order valence-corrected chi connectivity index (χ1v) is 4.59. The van der Waals surface area contributed by atoms with Crippen LogP contribution in [0.1, 0.15) is 5.56 Å². The molecule has 0 saturated carbocycles. The number of carboxylic acid groups (broad SMARTS) is 1. The lowest BCUT2D eigenvalue weighted by molar-refractivity contribution is -0.136. The third-order valence-corrected chi connectivity index (χ3v) is 1.82. The fraction of sp³-hybridized carbons (Fsp3) is 0.333. The number of nitriles is 1. The number of carbonyl (C=O) groups is 1. The topological polar surface area (TPSA) is 90.1 Å². The van der Waals surface area contributed by atoms with Crippen LogP contribution in [0.2, 0.25) is 0 Å². The molecule has 1 aromatic heterocycles. The molecule has 18 heavy (non-hydrogen) atoms. The second kappa shape index (κ2) is 5.31. The van der Waals surface area contributed by atoms with Crippen LogP contribution in [0.15, 0.2) is 12.3 Å². The Morgan fingerprint density at radius 2 is 2.22 bits per heavy atom. The van der Waals surface area contributed by atoms with E-state index >= 15 is 0 Å². The Balaban J connectivity index is 3.09. The van der Waals surface area contributed by atoms with E-state index in [9.17, 15) is 18.0 Å². The van der Waals surface area contributed by atoms with Crippen LogP contribution in [-0.2, 0) is 4.79 Å². The van der Waals surface area contributed by atoms with E-state index in [-0.39, 0.29) is 5.56 Å². The van der Waals surface area contributed by atoms with Gasteiger partial charge in [-0.1, -0.05) is 0 Å². The largest absolute Gasteiger partial charge is 0.480 e. The fourth-order valence-corrected chi connectivity index (χ4v) is 1.23. The second-order valence-electron chi connectivity index (χ2n) is 3.25. The molecular weight excluding hydrogens is 253 g/mol. The lowest BCUT2D eigenvalue weighted by atomic mass is 10.3. The Morgan fingerprint density at radius 1 is 1.56 bits per heavy atom. The van der Waals surface area contributed by atoms with Crippen LogP contribution < -0.4 is 4.90 Å². The van der Waals surface area contributed by atoms with Crippen LogP contribution in [-0.4, -0.2) is 40.5 Å². The number of nitrogens with zero attached hydrogens (tertiary/aromatic N) is 4. The van der Waals surface area contributed by atoms with Gasteiger partial charge >= 0.3 is 12.1 Å². The maximum Gasteiger partial charge on any atom is 0.405 e. The number of hydrogen-bond acceptors (Lipinski definition) is 5. The van der Waals surface area contributed by atoms with E-state index in [0.29, 0.717) is 4.90 Å². The summed E-state index contributed by atoms with van der Waals surface area (Å²) in [6.07, 6.45) is -3.48. The highest BCUT2D eigenvalue weighted by Crippen LogP contribution is 2.22. The zero-order valence-corrected chi connectivity index (χ0v) is 8.85. The molecule has 1 N–H and O–H groups in total. The van der Waals surface area contributed by atoms with Crippen molar-refractivity contribution in [3.05, 3.63) is 17.8 Å². The van der Waals surface area contributed by atoms with E-state index in [0.717, 1.165) is 12.3 Å². The van der Waals surface area contributed by atoms with E-state index in [1.54, 1.807) is 6.07 Å². The van der Waals surface area contributed by atoms with Crippen molar-refractivity contribution in [2.45, 2.75) is 6.18 Å². The monoisotopic (exact) mass is 260 g/mol.